The molecule has 1 saturated carbocycles. The highest BCUT2D eigenvalue weighted by atomic mass is 16.2. The molecule has 5 nitrogen and oxygen atoms in total. The number of rotatable bonds is 2. The van der Waals surface area contributed by atoms with Crippen LogP contribution in [0, 0.1) is 5.92 Å². The van der Waals surface area contributed by atoms with Crippen molar-refractivity contribution >= 4 is 17.7 Å². The van der Waals surface area contributed by atoms with Gasteiger partial charge < -0.3 is 5.73 Å². The molecule has 0 aromatic heterocycles. The molecule has 0 aromatic rings. The first kappa shape index (κ1) is 13.3. The molecule has 0 aromatic carbocycles. The SMILES string of the molecule is NC(=O)C1CCCC(N2C(=O)C3=C(CCCC3)C2=O)C1. The fourth-order valence-electron chi connectivity index (χ4n) is 3.75. The Kier molecular flexibility index (Phi) is 3.36. The Hall–Kier alpha value is -1.65. The van der Waals surface area contributed by atoms with Gasteiger partial charge in [0.25, 0.3) is 11.8 Å². The Bertz CT molecular complexity index is 481. The summed E-state index contributed by atoms with van der Waals surface area (Å²) in [6.45, 7) is 0. The van der Waals surface area contributed by atoms with Crippen LogP contribution in [0.5, 0.6) is 0 Å². The summed E-state index contributed by atoms with van der Waals surface area (Å²) in [5.74, 6) is -0.738. The summed E-state index contributed by atoms with van der Waals surface area (Å²) in [5.41, 5.74) is 6.83. The molecule has 0 saturated heterocycles. The van der Waals surface area contributed by atoms with Gasteiger partial charge >= 0.3 is 0 Å². The van der Waals surface area contributed by atoms with E-state index in [4.69, 9.17) is 5.73 Å². The van der Waals surface area contributed by atoms with Crippen LogP contribution in [-0.4, -0.2) is 28.7 Å². The summed E-state index contributed by atoms with van der Waals surface area (Å²) in [7, 11) is 0. The second kappa shape index (κ2) is 5.04. The fourth-order valence-corrected chi connectivity index (χ4v) is 3.75. The fraction of sp³-hybridized carbons (Fsp3) is 0.667. The van der Waals surface area contributed by atoms with E-state index in [1.54, 1.807) is 0 Å². The molecule has 2 unspecified atom stereocenters. The largest absolute Gasteiger partial charge is 0.369 e. The molecule has 1 heterocycles. The number of imide groups is 1. The number of hydrogen-bond donors (Lipinski definition) is 1. The third-order valence-electron chi connectivity index (χ3n) is 4.84. The predicted octanol–water partition coefficient (Wildman–Crippen LogP) is 1.27. The third kappa shape index (κ3) is 2.05. The van der Waals surface area contributed by atoms with Gasteiger partial charge in [0.2, 0.25) is 5.91 Å². The van der Waals surface area contributed by atoms with Crippen molar-refractivity contribution in [2.75, 3.05) is 0 Å². The van der Waals surface area contributed by atoms with Gasteiger partial charge in [0, 0.05) is 23.1 Å². The Morgan fingerprint density at radius 2 is 1.60 bits per heavy atom. The molecule has 3 aliphatic rings. The van der Waals surface area contributed by atoms with Crippen molar-refractivity contribution in [3.05, 3.63) is 11.1 Å². The second-order valence-electron chi connectivity index (χ2n) is 6.06. The topological polar surface area (TPSA) is 80.5 Å². The van der Waals surface area contributed by atoms with Crippen LogP contribution >= 0.6 is 0 Å². The lowest BCUT2D eigenvalue weighted by Crippen LogP contribution is -2.45. The summed E-state index contributed by atoms with van der Waals surface area (Å²) >= 11 is 0. The van der Waals surface area contributed by atoms with Crippen LogP contribution in [0.1, 0.15) is 51.4 Å². The second-order valence-corrected chi connectivity index (χ2v) is 6.06. The van der Waals surface area contributed by atoms with E-state index < -0.39 is 0 Å². The first-order valence-corrected chi connectivity index (χ1v) is 7.49. The molecule has 2 aliphatic carbocycles. The lowest BCUT2D eigenvalue weighted by atomic mass is 9.84. The number of primary amides is 1. The number of hydrogen-bond acceptors (Lipinski definition) is 3. The van der Waals surface area contributed by atoms with Crippen molar-refractivity contribution in [2.24, 2.45) is 11.7 Å². The maximum Gasteiger partial charge on any atom is 0.257 e. The van der Waals surface area contributed by atoms with Crippen molar-refractivity contribution in [1.29, 1.82) is 0 Å². The summed E-state index contributed by atoms with van der Waals surface area (Å²) in [5, 5.41) is 0. The van der Waals surface area contributed by atoms with E-state index in [-0.39, 0.29) is 29.7 Å². The average molecular weight is 276 g/mol. The molecule has 5 heteroatoms. The van der Waals surface area contributed by atoms with E-state index in [1.165, 1.54) is 4.90 Å². The zero-order valence-electron chi connectivity index (χ0n) is 11.6. The van der Waals surface area contributed by atoms with E-state index in [0.717, 1.165) is 56.1 Å². The smallest absolute Gasteiger partial charge is 0.257 e. The number of carbonyl (C=O) groups is 3. The normalized spacial score (nSPS) is 30.7. The maximum absolute atomic E-state index is 12.5. The molecular formula is C15H20N2O3. The monoisotopic (exact) mass is 276 g/mol. The van der Waals surface area contributed by atoms with Crippen LogP contribution in [0.25, 0.3) is 0 Å². The average Bonchev–Trinajstić information content (AvgIpc) is 2.72. The first-order chi connectivity index (χ1) is 9.59. The van der Waals surface area contributed by atoms with Crippen LogP contribution in [0.2, 0.25) is 0 Å². The molecule has 0 spiro atoms. The minimum absolute atomic E-state index is 0.111. The summed E-state index contributed by atoms with van der Waals surface area (Å²) in [6, 6.07) is -0.146. The zero-order valence-corrected chi connectivity index (χ0v) is 11.6. The van der Waals surface area contributed by atoms with E-state index in [0.29, 0.717) is 6.42 Å². The van der Waals surface area contributed by atoms with Gasteiger partial charge in [0.15, 0.2) is 0 Å². The Morgan fingerprint density at radius 1 is 1.00 bits per heavy atom. The van der Waals surface area contributed by atoms with Crippen LogP contribution in [-0.2, 0) is 14.4 Å². The molecule has 3 amide bonds. The molecular weight excluding hydrogens is 256 g/mol. The minimum atomic E-state index is -0.313. The summed E-state index contributed by atoms with van der Waals surface area (Å²) in [4.78, 5) is 37.7. The Morgan fingerprint density at radius 3 is 2.15 bits per heavy atom. The quantitative estimate of drug-likeness (QED) is 0.771. The first-order valence-electron chi connectivity index (χ1n) is 7.49. The maximum atomic E-state index is 12.5. The van der Waals surface area contributed by atoms with Crippen molar-refractivity contribution in [2.45, 2.75) is 57.4 Å². The van der Waals surface area contributed by atoms with Crippen LogP contribution in [0.15, 0.2) is 11.1 Å². The minimum Gasteiger partial charge on any atom is -0.369 e. The van der Waals surface area contributed by atoms with E-state index in [1.807, 2.05) is 0 Å². The van der Waals surface area contributed by atoms with Gasteiger partial charge in [-0.1, -0.05) is 6.42 Å². The van der Waals surface area contributed by atoms with Gasteiger partial charge in [0.1, 0.15) is 0 Å². The summed E-state index contributed by atoms with van der Waals surface area (Å²) < 4.78 is 0. The van der Waals surface area contributed by atoms with Gasteiger partial charge in [-0.05, 0) is 44.9 Å². The van der Waals surface area contributed by atoms with Gasteiger partial charge in [0.05, 0.1) is 0 Å². The highest BCUT2D eigenvalue weighted by Crippen LogP contribution is 2.37. The molecule has 0 radical (unpaired) electrons. The number of nitrogens with two attached hydrogens (primary N) is 1. The van der Waals surface area contributed by atoms with Crippen LogP contribution < -0.4 is 5.73 Å². The third-order valence-corrected chi connectivity index (χ3v) is 4.84. The van der Waals surface area contributed by atoms with Gasteiger partial charge in [-0.3, -0.25) is 19.3 Å². The molecule has 1 fully saturated rings. The van der Waals surface area contributed by atoms with Crippen molar-refractivity contribution in [3.63, 3.8) is 0 Å². The number of amides is 3. The zero-order chi connectivity index (χ0) is 14.3. The standard InChI is InChI=1S/C15H20N2O3/c16-13(18)9-4-3-5-10(8-9)17-14(19)11-6-1-2-7-12(11)15(17)20/h9-10H,1-8H2,(H2,16,18). The number of nitrogens with zero attached hydrogens (tertiary/aromatic N) is 1. The van der Waals surface area contributed by atoms with E-state index >= 15 is 0 Å². The highest BCUT2D eigenvalue weighted by Gasteiger charge is 2.43. The lowest BCUT2D eigenvalue weighted by Gasteiger charge is -2.33. The van der Waals surface area contributed by atoms with Crippen molar-refractivity contribution < 1.29 is 14.4 Å². The predicted molar refractivity (Wildman–Crippen MR) is 72.3 cm³/mol. The van der Waals surface area contributed by atoms with Crippen molar-refractivity contribution in [1.82, 2.24) is 4.90 Å². The van der Waals surface area contributed by atoms with Crippen LogP contribution in [0.4, 0.5) is 0 Å². The molecule has 108 valence electrons. The molecule has 3 rings (SSSR count). The van der Waals surface area contributed by atoms with Gasteiger partial charge in [-0.2, -0.15) is 0 Å². The number of carbonyl (C=O) groups excluding carboxylic acids is 3. The van der Waals surface area contributed by atoms with Gasteiger partial charge in [-0.25, -0.2) is 0 Å². The van der Waals surface area contributed by atoms with E-state index in [9.17, 15) is 14.4 Å². The molecule has 2 N–H and O–H groups in total. The molecule has 20 heavy (non-hydrogen) atoms. The Balaban J connectivity index is 1.80. The van der Waals surface area contributed by atoms with Gasteiger partial charge in [-0.15, -0.1) is 0 Å². The molecule has 2 atom stereocenters. The Labute approximate surface area is 118 Å². The molecule has 1 aliphatic heterocycles. The van der Waals surface area contributed by atoms with E-state index in [2.05, 4.69) is 0 Å². The van der Waals surface area contributed by atoms with Crippen LogP contribution in [0.3, 0.4) is 0 Å². The highest BCUT2D eigenvalue weighted by molar-refractivity contribution is 6.19. The summed E-state index contributed by atoms with van der Waals surface area (Å²) in [6.07, 6.45) is 6.37. The lowest BCUT2D eigenvalue weighted by molar-refractivity contribution is -0.142. The molecule has 0 bridgehead atoms. The van der Waals surface area contributed by atoms with Crippen molar-refractivity contribution in [3.8, 4) is 0 Å².